The molecule has 0 spiro atoms. The number of rotatable bonds is 4. The van der Waals surface area contributed by atoms with Gasteiger partial charge in [0.1, 0.15) is 0 Å². The first-order valence-electron chi connectivity index (χ1n) is 4.54. The lowest BCUT2D eigenvalue weighted by Crippen LogP contribution is -2.50. The highest BCUT2D eigenvalue weighted by atomic mass is 35.5. The molecule has 6 nitrogen and oxygen atoms in total. The van der Waals surface area contributed by atoms with Crippen molar-refractivity contribution in [1.29, 1.82) is 0 Å². The Morgan fingerprint density at radius 3 is 2.60 bits per heavy atom. The van der Waals surface area contributed by atoms with Gasteiger partial charge in [-0.3, -0.25) is 0 Å². The van der Waals surface area contributed by atoms with E-state index in [4.69, 9.17) is 11.6 Å². The second kappa shape index (κ2) is 5.00. The number of ether oxygens (including phenoxy) is 1. The molecule has 1 aliphatic rings. The van der Waals surface area contributed by atoms with Crippen molar-refractivity contribution >= 4 is 27.9 Å². The standard InChI is InChI=1S/C7H13ClN2O4S/c1-2-14-7(11)10-15(12,13)9-6-3-5(8)4-6/h5-6,9H,2-4H2,1H3,(H,10,11). The lowest BCUT2D eigenvalue weighted by molar-refractivity contribution is 0.158. The molecule has 0 unspecified atom stereocenters. The Bertz CT molecular complexity index is 326. The van der Waals surface area contributed by atoms with Crippen LogP contribution in [0.1, 0.15) is 19.8 Å². The highest BCUT2D eigenvalue weighted by molar-refractivity contribution is 7.88. The first-order chi connectivity index (χ1) is 6.93. The number of carbonyl (C=O) groups excluding carboxylic acids is 1. The molecule has 2 N–H and O–H groups in total. The van der Waals surface area contributed by atoms with Crippen LogP contribution in [0.15, 0.2) is 0 Å². The Balaban J connectivity index is 2.35. The van der Waals surface area contributed by atoms with Crippen LogP contribution < -0.4 is 9.44 Å². The molecule has 8 heteroatoms. The number of hydrogen-bond donors (Lipinski definition) is 2. The maximum Gasteiger partial charge on any atom is 0.421 e. The minimum Gasteiger partial charge on any atom is -0.449 e. The van der Waals surface area contributed by atoms with Gasteiger partial charge in [-0.25, -0.2) is 9.52 Å². The number of hydrogen-bond acceptors (Lipinski definition) is 4. The largest absolute Gasteiger partial charge is 0.449 e. The quantitative estimate of drug-likeness (QED) is 0.711. The molecule has 1 fully saturated rings. The van der Waals surface area contributed by atoms with Crippen LogP contribution in [0, 0.1) is 0 Å². The summed E-state index contributed by atoms with van der Waals surface area (Å²) in [5, 5.41) is 0.0142. The van der Waals surface area contributed by atoms with Gasteiger partial charge in [0.05, 0.1) is 6.61 Å². The van der Waals surface area contributed by atoms with Crippen molar-refractivity contribution in [2.75, 3.05) is 6.61 Å². The van der Waals surface area contributed by atoms with Gasteiger partial charge in [-0.2, -0.15) is 13.1 Å². The van der Waals surface area contributed by atoms with Crippen LogP contribution in [0.3, 0.4) is 0 Å². The topological polar surface area (TPSA) is 84.5 Å². The molecule has 0 saturated heterocycles. The molecular weight excluding hydrogens is 244 g/mol. The van der Waals surface area contributed by atoms with E-state index in [1.54, 1.807) is 11.6 Å². The zero-order chi connectivity index (χ0) is 11.5. The number of carbonyl (C=O) groups is 1. The summed E-state index contributed by atoms with van der Waals surface area (Å²) >= 11 is 5.68. The Labute approximate surface area is 93.5 Å². The lowest BCUT2D eigenvalue weighted by Gasteiger charge is -2.30. The second-order valence-corrected chi connectivity index (χ2v) is 5.27. The zero-order valence-corrected chi connectivity index (χ0v) is 9.77. The average Bonchev–Trinajstić information content (AvgIpc) is 1.99. The molecule has 88 valence electrons. The van der Waals surface area contributed by atoms with Crippen molar-refractivity contribution in [3.05, 3.63) is 0 Å². The smallest absolute Gasteiger partial charge is 0.421 e. The average molecular weight is 257 g/mol. The molecule has 0 atom stereocenters. The summed E-state index contributed by atoms with van der Waals surface area (Å²) in [5.74, 6) is 0. The minimum atomic E-state index is -3.82. The first kappa shape index (κ1) is 12.5. The Kier molecular flexibility index (Phi) is 4.18. The minimum absolute atomic E-state index is 0.0142. The van der Waals surface area contributed by atoms with Gasteiger partial charge in [-0.05, 0) is 19.8 Å². The SMILES string of the molecule is CCOC(=O)NS(=O)(=O)NC1CC(Cl)C1. The third-order valence-electron chi connectivity index (χ3n) is 1.90. The lowest BCUT2D eigenvalue weighted by atomic mass is 9.94. The highest BCUT2D eigenvalue weighted by Crippen LogP contribution is 2.25. The number of amides is 1. The van der Waals surface area contributed by atoms with E-state index in [1.807, 2.05) is 0 Å². The van der Waals surface area contributed by atoms with Crippen molar-refractivity contribution in [3.63, 3.8) is 0 Å². The molecule has 0 radical (unpaired) electrons. The van der Waals surface area contributed by atoms with Crippen LogP contribution >= 0.6 is 11.6 Å². The molecular formula is C7H13ClN2O4S. The highest BCUT2D eigenvalue weighted by Gasteiger charge is 2.31. The van der Waals surface area contributed by atoms with Gasteiger partial charge < -0.3 is 4.74 Å². The normalized spacial score (nSPS) is 25.5. The third kappa shape index (κ3) is 4.23. The predicted octanol–water partition coefficient (Wildman–Crippen LogP) is 0.337. The third-order valence-corrected chi connectivity index (χ3v) is 3.33. The molecule has 1 aliphatic carbocycles. The van der Waals surface area contributed by atoms with E-state index in [2.05, 4.69) is 9.46 Å². The van der Waals surface area contributed by atoms with E-state index < -0.39 is 16.3 Å². The molecule has 0 heterocycles. The van der Waals surface area contributed by atoms with Gasteiger partial charge in [0, 0.05) is 11.4 Å². The summed E-state index contributed by atoms with van der Waals surface area (Å²) in [6.45, 7) is 1.71. The fourth-order valence-electron chi connectivity index (χ4n) is 1.16. The fraction of sp³-hybridized carbons (Fsp3) is 0.857. The molecule has 0 aromatic rings. The Hall–Kier alpha value is -0.530. The summed E-state index contributed by atoms with van der Waals surface area (Å²) in [5.41, 5.74) is 0. The molecule has 1 rings (SSSR count). The van der Waals surface area contributed by atoms with E-state index in [0.717, 1.165) is 0 Å². The molecule has 15 heavy (non-hydrogen) atoms. The Morgan fingerprint density at radius 2 is 2.13 bits per heavy atom. The fourth-order valence-corrected chi connectivity index (χ4v) is 2.56. The van der Waals surface area contributed by atoms with Crippen LogP contribution in [-0.4, -0.2) is 32.5 Å². The molecule has 0 aliphatic heterocycles. The van der Waals surface area contributed by atoms with Crippen LogP contribution in [0.25, 0.3) is 0 Å². The number of nitrogens with one attached hydrogen (secondary N) is 2. The monoisotopic (exact) mass is 256 g/mol. The van der Waals surface area contributed by atoms with Gasteiger partial charge in [0.15, 0.2) is 0 Å². The first-order valence-corrected chi connectivity index (χ1v) is 6.46. The summed E-state index contributed by atoms with van der Waals surface area (Å²) in [6.07, 6.45) is 0.170. The maximum atomic E-state index is 11.3. The van der Waals surface area contributed by atoms with E-state index in [-0.39, 0.29) is 18.0 Å². The van der Waals surface area contributed by atoms with Crippen molar-refractivity contribution in [3.8, 4) is 0 Å². The van der Waals surface area contributed by atoms with E-state index >= 15 is 0 Å². The molecule has 1 saturated carbocycles. The van der Waals surface area contributed by atoms with Crippen molar-refractivity contribution in [2.45, 2.75) is 31.2 Å². The zero-order valence-electron chi connectivity index (χ0n) is 8.20. The molecule has 1 amide bonds. The number of alkyl halides is 1. The van der Waals surface area contributed by atoms with E-state index in [1.165, 1.54) is 0 Å². The maximum absolute atomic E-state index is 11.3. The number of halogens is 1. The van der Waals surface area contributed by atoms with Crippen LogP contribution in [0.2, 0.25) is 0 Å². The summed E-state index contributed by atoms with van der Waals surface area (Å²) in [6, 6.07) is -0.195. The van der Waals surface area contributed by atoms with Gasteiger partial charge in [0.2, 0.25) is 0 Å². The molecule has 0 bridgehead atoms. The molecule has 0 aromatic heterocycles. The van der Waals surface area contributed by atoms with Crippen molar-refractivity contribution in [1.82, 2.24) is 9.44 Å². The summed E-state index contributed by atoms with van der Waals surface area (Å²) < 4.78 is 31.0. The predicted molar refractivity (Wildman–Crippen MR) is 54.9 cm³/mol. The summed E-state index contributed by atoms with van der Waals surface area (Å²) in [4.78, 5) is 10.8. The van der Waals surface area contributed by atoms with Gasteiger partial charge in [-0.1, -0.05) is 0 Å². The summed E-state index contributed by atoms with van der Waals surface area (Å²) in [7, 11) is -3.82. The van der Waals surface area contributed by atoms with Crippen LogP contribution in [-0.2, 0) is 14.9 Å². The van der Waals surface area contributed by atoms with Gasteiger partial charge in [-0.15, -0.1) is 11.6 Å². The van der Waals surface area contributed by atoms with Crippen molar-refractivity contribution in [2.24, 2.45) is 0 Å². The van der Waals surface area contributed by atoms with Gasteiger partial charge >= 0.3 is 16.3 Å². The van der Waals surface area contributed by atoms with Gasteiger partial charge in [0.25, 0.3) is 0 Å². The van der Waals surface area contributed by atoms with Crippen LogP contribution in [0.4, 0.5) is 4.79 Å². The second-order valence-electron chi connectivity index (χ2n) is 3.21. The Morgan fingerprint density at radius 1 is 1.53 bits per heavy atom. The molecule has 0 aromatic carbocycles. The van der Waals surface area contributed by atoms with E-state index in [0.29, 0.717) is 12.8 Å². The van der Waals surface area contributed by atoms with E-state index in [9.17, 15) is 13.2 Å². The van der Waals surface area contributed by atoms with Crippen LogP contribution in [0.5, 0.6) is 0 Å². The van der Waals surface area contributed by atoms with Crippen molar-refractivity contribution < 1.29 is 17.9 Å².